The third-order valence-corrected chi connectivity index (χ3v) is 3.74. The smallest absolute Gasteiger partial charge is 0.238 e. The number of ether oxygens (including phenoxy) is 1. The summed E-state index contributed by atoms with van der Waals surface area (Å²) in [4.78, 5) is 14.2. The zero-order chi connectivity index (χ0) is 15.1. The van der Waals surface area contributed by atoms with Gasteiger partial charge in [-0.25, -0.2) is 0 Å². The molecule has 1 aliphatic heterocycles. The van der Waals surface area contributed by atoms with Gasteiger partial charge in [0.15, 0.2) is 0 Å². The van der Waals surface area contributed by atoms with Crippen molar-refractivity contribution in [3.8, 4) is 5.75 Å². The van der Waals surface area contributed by atoms with Crippen molar-refractivity contribution in [2.75, 3.05) is 39.1 Å². The molecule has 1 unspecified atom stereocenters. The third kappa shape index (κ3) is 5.02. The number of likely N-dealkylation sites (N-methyl/N-ethyl adjacent to an activating group) is 1. The molecule has 0 saturated carbocycles. The summed E-state index contributed by atoms with van der Waals surface area (Å²) in [6.45, 7) is 2.38. The van der Waals surface area contributed by atoms with Crippen LogP contribution in [0.5, 0.6) is 5.75 Å². The predicted octanol–water partition coefficient (Wildman–Crippen LogP) is 1.71. The number of hydrogen-bond acceptors (Lipinski definition) is 4. The van der Waals surface area contributed by atoms with Gasteiger partial charge in [0, 0.05) is 12.6 Å². The summed E-state index contributed by atoms with van der Waals surface area (Å²) in [5, 5.41) is 6.40. The van der Waals surface area contributed by atoms with Gasteiger partial charge < -0.3 is 15.4 Å². The van der Waals surface area contributed by atoms with Crippen LogP contribution >= 0.6 is 0 Å². The minimum atomic E-state index is -0.0159. The average molecular weight is 291 g/mol. The van der Waals surface area contributed by atoms with Crippen LogP contribution in [0.15, 0.2) is 24.3 Å². The number of methoxy groups -OCH3 is 1. The lowest BCUT2D eigenvalue weighted by Crippen LogP contribution is -2.44. The van der Waals surface area contributed by atoms with Gasteiger partial charge in [-0.15, -0.1) is 0 Å². The minimum absolute atomic E-state index is 0.0159. The topological polar surface area (TPSA) is 53.6 Å². The fraction of sp³-hybridized carbons (Fsp3) is 0.562. The molecule has 0 bridgehead atoms. The molecule has 1 atom stereocenters. The fourth-order valence-corrected chi connectivity index (χ4v) is 2.70. The van der Waals surface area contributed by atoms with E-state index in [1.165, 1.54) is 19.3 Å². The number of benzene rings is 1. The quantitative estimate of drug-likeness (QED) is 0.838. The summed E-state index contributed by atoms with van der Waals surface area (Å²) in [6.07, 6.45) is 3.73. The van der Waals surface area contributed by atoms with Crippen LogP contribution < -0.4 is 15.4 Å². The molecule has 5 nitrogen and oxygen atoms in total. The van der Waals surface area contributed by atoms with E-state index >= 15 is 0 Å². The van der Waals surface area contributed by atoms with Crippen molar-refractivity contribution in [1.29, 1.82) is 0 Å². The first-order valence-corrected chi connectivity index (χ1v) is 7.54. The second kappa shape index (κ2) is 8.00. The Labute approximate surface area is 126 Å². The van der Waals surface area contributed by atoms with Gasteiger partial charge in [0.2, 0.25) is 5.91 Å². The molecule has 1 aromatic carbocycles. The van der Waals surface area contributed by atoms with Crippen LogP contribution in [0.1, 0.15) is 19.3 Å². The first-order chi connectivity index (χ1) is 10.2. The number of nitrogens with zero attached hydrogens (tertiary/aromatic N) is 1. The van der Waals surface area contributed by atoms with E-state index in [2.05, 4.69) is 15.5 Å². The molecule has 0 aromatic heterocycles. The number of carbonyl (C=O) groups excluding carboxylic acids is 1. The van der Waals surface area contributed by atoms with E-state index in [9.17, 15) is 4.79 Å². The lowest BCUT2D eigenvalue weighted by Gasteiger charge is -2.27. The van der Waals surface area contributed by atoms with Gasteiger partial charge in [0.25, 0.3) is 0 Å². The summed E-state index contributed by atoms with van der Waals surface area (Å²) in [5.74, 6) is 0.667. The average Bonchev–Trinajstić information content (AvgIpc) is 2.48. The van der Waals surface area contributed by atoms with Gasteiger partial charge in [-0.1, -0.05) is 18.6 Å². The Morgan fingerprint density at radius 3 is 2.95 bits per heavy atom. The molecular formula is C16H25N3O2. The van der Waals surface area contributed by atoms with Crippen molar-refractivity contribution in [1.82, 2.24) is 10.2 Å². The summed E-state index contributed by atoms with van der Waals surface area (Å²) in [7, 11) is 3.59. The van der Waals surface area contributed by atoms with Crippen LogP contribution in [-0.4, -0.2) is 50.6 Å². The fourth-order valence-electron chi connectivity index (χ4n) is 2.70. The summed E-state index contributed by atoms with van der Waals surface area (Å²) in [6, 6.07) is 7.95. The monoisotopic (exact) mass is 291 g/mol. The Kier molecular flexibility index (Phi) is 6.02. The molecule has 116 valence electrons. The largest absolute Gasteiger partial charge is 0.495 e. The Bertz CT molecular complexity index is 459. The maximum Gasteiger partial charge on any atom is 0.238 e. The number of carbonyl (C=O) groups is 1. The number of nitrogens with one attached hydrogen (secondary N) is 2. The van der Waals surface area contributed by atoms with E-state index in [1.54, 1.807) is 7.11 Å². The normalized spacial score (nSPS) is 18.5. The van der Waals surface area contributed by atoms with Crippen molar-refractivity contribution in [2.45, 2.75) is 25.3 Å². The molecule has 0 spiro atoms. The lowest BCUT2D eigenvalue weighted by atomic mass is 10.0. The SMILES string of the molecule is COc1ccccc1NC(=O)CN(C)CC1CCCCN1. The number of anilines is 1. The molecule has 1 aromatic rings. The summed E-state index contributed by atoms with van der Waals surface area (Å²) >= 11 is 0. The minimum Gasteiger partial charge on any atom is -0.495 e. The van der Waals surface area contributed by atoms with Crippen molar-refractivity contribution in [3.05, 3.63) is 24.3 Å². The molecule has 1 fully saturated rings. The Hall–Kier alpha value is -1.59. The highest BCUT2D eigenvalue weighted by Crippen LogP contribution is 2.22. The van der Waals surface area contributed by atoms with Crippen LogP contribution in [0.3, 0.4) is 0 Å². The highest BCUT2D eigenvalue weighted by Gasteiger charge is 2.16. The van der Waals surface area contributed by atoms with E-state index < -0.39 is 0 Å². The molecular weight excluding hydrogens is 266 g/mol. The molecule has 2 rings (SSSR count). The van der Waals surface area contributed by atoms with E-state index in [-0.39, 0.29) is 5.91 Å². The number of piperidine rings is 1. The predicted molar refractivity (Wildman–Crippen MR) is 84.8 cm³/mol. The lowest BCUT2D eigenvalue weighted by molar-refractivity contribution is -0.117. The molecule has 2 N–H and O–H groups in total. The van der Waals surface area contributed by atoms with Crippen LogP contribution in [0.25, 0.3) is 0 Å². The standard InChI is InChI=1S/C16H25N3O2/c1-19(11-13-7-5-6-10-17-13)12-16(20)18-14-8-3-4-9-15(14)21-2/h3-4,8-9,13,17H,5-7,10-12H2,1-2H3,(H,18,20). The number of hydrogen-bond donors (Lipinski definition) is 2. The Morgan fingerprint density at radius 2 is 2.24 bits per heavy atom. The van der Waals surface area contributed by atoms with E-state index in [4.69, 9.17) is 4.74 Å². The van der Waals surface area contributed by atoms with Crippen LogP contribution in [0.2, 0.25) is 0 Å². The van der Waals surface area contributed by atoms with Crippen LogP contribution in [-0.2, 0) is 4.79 Å². The van der Waals surface area contributed by atoms with Crippen molar-refractivity contribution in [2.24, 2.45) is 0 Å². The molecule has 1 heterocycles. The summed E-state index contributed by atoms with van der Waals surface area (Å²) < 4.78 is 5.23. The molecule has 1 aliphatic rings. The molecule has 0 aliphatic carbocycles. The second-order valence-corrected chi connectivity index (χ2v) is 5.59. The third-order valence-electron chi connectivity index (χ3n) is 3.74. The van der Waals surface area contributed by atoms with Crippen molar-refractivity contribution >= 4 is 11.6 Å². The first kappa shape index (κ1) is 15.8. The maximum absolute atomic E-state index is 12.1. The van der Waals surface area contributed by atoms with Gasteiger partial charge in [-0.05, 0) is 38.6 Å². The second-order valence-electron chi connectivity index (χ2n) is 5.59. The highest BCUT2D eigenvalue weighted by atomic mass is 16.5. The Balaban J connectivity index is 1.80. The van der Waals surface area contributed by atoms with Crippen molar-refractivity contribution < 1.29 is 9.53 Å². The molecule has 21 heavy (non-hydrogen) atoms. The van der Waals surface area contributed by atoms with E-state index in [1.807, 2.05) is 31.3 Å². The van der Waals surface area contributed by atoms with E-state index in [0.29, 0.717) is 24.0 Å². The molecule has 1 saturated heterocycles. The van der Waals surface area contributed by atoms with Gasteiger partial charge in [-0.3, -0.25) is 9.69 Å². The maximum atomic E-state index is 12.1. The number of amides is 1. The van der Waals surface area contributed by atoms with Gasteiger partial charge in [0.05, 0.1) is 19.3 Å². The summed E-state index contributed by atoms with van der Waals surface area (Å²) in [5.41, 5.74) is 0.717. The van der Waals surface area contributed by atoms with E-state index in [0.717, 1.165) is 13.1 Å². The van der Waals surface area contributed by atoms with Crippen molar-refractivity contribution in [3.63, 3.8) is 0 Å². The Morgan fingerprint density at radius 1 is 1.43 bits per heavy atom. The highest BCUT2D eigenvalue weighted by molar-refractivity contribution is 5.93. The zero-order valence-electron chi connectivity index (χ0n) is 12.9. The number of rotatable bonds is 6. The van der Waals surface area contributed by atoms with Crippen LogP contribution in [0.4, 0.5) is 5.69 Å². The zero-order valence-corrected chi connectivity index (χ0v) is 12.9. The van der Waals surface area contributed by atoms with Gasteiger partial charge >= 0.3 is 0 Å². The van der Waals surface area contributed by atoms with Gasteiger partial charge in [-0.2, -0.15) is 0 Å². The molecule has 5 heteroatoms. The van der Waals surface area contributed by atoms with Gasteiger partial charge in [0.1, 0.15) is 5.75 Å². The van der Waals surface area contributed by atoms with Crippen LogP contribution in [0, 0.1) is 0 Å². The molecule has 0 radical (unpaired) electrons. The molecule has 1 amide bonds. The first-order valence-electron chi connectivity index (χ1n) is 7.54. The number of para-hydroxylation sites is 2.